The Kier molecular flexibility index (Phi) is 3.12. The van der Waals surface area contributed by atoms with Crippen LogP contribution in [-0.2, 0) is 15.2 Å². The quantitative estimate of drug-likeness (QED) is 0.625. The molecular weight excluding hydrogens is 393 g/mol. The van der Waals surface area contributed by atoms with Crippen LogP contribution in [0.5, 0.6) is 0 Å². The SMILES string of the molecule is O=C1C=CC(=O)[O][Bi]([c]2ccccc2)[O]1. The Bertz CT molecular complexity index is 393. The molecule has 0 bridgehead atoms. The van der Waals surface area contributed by atoms with Gasteiger partial charge >= 0.3 is 95.5 Å². The number of rotatable bonds is 1. The summed E-state index contributed by atoms with van der Waals surface area (Å²) < 4.78 is 11.0. The average Bonchev–Trinajstić information content (AvgIpc) is 2.42. The van der Waals surface area contributed by atoms with Gasteiger partial charge in [-0.05, 0) is 0 Å². The second kappa shape index (κ2) is 4.53. The predicted octanol–water partition coefficient (Wildman–Crippen LogP) is 0.0380. The number of benzene rings is 1. The van der Waals surface area contributed by atoms with Crippen molar-refractivity contribution >= 4 is 37.8 Å². The molecule has 0 saturated carbocycles. The van der Waals surface area contributed by atoms with Crippen LogP contribution in [0.1, 0.15) is 0 Å². The van der Waals surface area contributed by atoms with Gasteiger partial charge in [-0.1, -0.05) is 0 Å². The van der Waals surface area contributed by atoms with Gasteiger partial charge in [-0.3, -0.25) is 0 Å². The Morgan fingerprint density at radius 3 is 1.93 bits per heavy atom. The van der Waals surface area contributed by atoms with Crippen molar-refractivity contribution in [2.45, 2.75) is 0 Å². The molecule has 1 aromatic carbocycles. The summed E-state index contributed by atoms with van der Waals surface area (Å²) in [5.41, 5.74) is 0. The molecule has 0 aliphatic carbocycles. The second-order valence-corrected chi connectivity index (χ2v) is 8.17. The van der Waals surface area contributed by atoms with Crippen LogP contribution in [0.3, 0.4) is 0 Å². The maximum absolute atomic E-state index is 11.1. The van der Waals surface area contributed by atoms with E-state index in [0.29, 0.717) is 0 Å². The molecule has 4 nitrogen and oxygen atoms in total. The van der Waals surface area contributed by atoms with E-state index in [0.717, 1.165) is 15.4 Å². The van der Waals surface area contributed by atoms with Crippen molar-refractivity contribution in [1.29, 1.82) is 0 Å². The molecule has 0 spiro atoms. The number of hydrogen-bond acceptors (Lipinski definition) is 4. The van der Waals surface area contributed by atoms with Gasteiger partial charge in [-0.25, -0.2) is 0 Å². The van der Waals surface area contributed by atoms with E-state index in [1.54, 1.807) is 0 Å². The van der Waals surface area contributed by atoms with E-state index >= 15 is 0 Å². The first-order valence-electron chi connectivity index (χ1n) is 4.23. The first kappa shape index (κ1) is 10.3. The van der Waals surface area contributed by atoms with Crippen molar-refractivity contribution in [1.82, 2.24) is 0 Å². The predicted molar refractivity (Wildman–Crippen MR) is 53.2 cm³/mol. The fraction of sp³-hybridized carbons (Fsp3) is 0. The van der Waals surface area contributed by atoms with E-state index < -0.39 is 34.6 Å². The summed E-state index contributed by atoms with van der Waals surface area (Å²) in [5, 5.41) is 0. The number of carbonyl (C=O) groups is 2. The summed E-state index contributed by atoms with van der Waals surface area (Å²) in [6.45, 7) is 0. The molecule has 1 aliphatic heterocycles. The molecule has 0 unspecified atom stereocenters. The summed E-state index contributed by atoms with van der Waals surface area (Å²) >= 11 is -3.08. The van der Waals surface area contributed by atoms with Crippen molar-refractivity contribution in [3.05, 3.63) is 42.5 Å². The molecule has 1 aromatic rings. The van der Waals surface area contributed by atoms with Gasteiger partial charge in [0.25, 0.3) is 0 Å². The Morgan fingerprint density at radius 1 is 0.867 bits per heavy atom. The van der Waals surface area contributed by atoms with Gasteiger partial charge in [0.05, 0.1) is 0 Å². The Hall–Kier alpha value is -1.22. The molecule has 0 amide bonds. The first-order chi connectivity index (χ1) is 7.25. The summed E-state index contributed by atoms with van der Waals surface area (Å²) in [6.07, 6.45) is 2.20. The fourth-order valence-electron chi connectivity index (χ4n) is 1.03. The van der Waals surface area contributed by atoms with Crippen LogP contribution < -0.4 is 3.27 Å². The van der Waals surface area contributed by atoms with E-state index in [1.807, 2.05) is 30.3 Å². The van der Waals surface area contributed by atoms with E-state index in [2.05, 4.69) is 0 Å². The van der Waals surface area contributed by atoms with Crippen molar-refractivity contribution in [2.75, 3.05) is 0 Å². The number of hydrogen-bond donors (Lipinski definition) is 0. The minimum atomic E-state index is -3.08. The normalized spacial score (nSPS) is 16.8. The van der Waals surface area contributed by atoms with Crippen molar-refractivity contribution in [3.8, 4) is 0 Å². The summed E-state index contributed by atoms with van der Waals surface area (Å²) in [6, 6.07) is 9.12. The summed E-state index contributed by atoms with van der Waals surface area (Å²) in [7, 11) is 0. The zero-order chi connectivity index (χ0) is 10.7. The maximum atomic E-state index is 11.1. The molecule has 2 rings (SSSR count). The van der Waals surface area contributed by atoms with E-state index in [-0.39, 0.29) is 0 Å². The van der Waals surface area contributed by atoms with Gasteiger partial charge in [-0.15, -0.1) is 0 Å². The summed E-state index contributed by atoms with van der Waals surface area (Å²) in [4.78, 5) is 22.2. The fourth-order valence-corrected chi connectivity index (χ4v) is 5.36. The van der Waals surface area contributed by atoms with E-state index in [4.69, 9.17) is 5.63 Å². The van der Waals surface area contributed by atoms with Gasteiger partial charge in [0, 0.05) is 0 Å². The molecule has 5 heteroatoms. The molecule has 76 valence electrons. The van der Waals surface area contributed by atoms with Crippen LogP contribution in [-0.4, -0.2) is 34.6 Å². The molecule has 1 aliphatic rings. The zero-order valence-corrected chi connectivity index (χ0v) is 11.1. The van der Waals surface area contributed by atoms with Gasteiger partial charge < -0.3 is 0 Å². The topological polar surface area (TPSA) is 52.6 Å². The van der Waals surface area contributed by atoms with Crippen LogP contribution in [0.25, 0.3) is 0 Å². The standard InChI is InChI=1S/C6H5.C4H4O4.Bi/c1-2-4-6-5-3-1;5-3(6)1-2-4(7)8;/h1-5H;1-2H,(H,5,6)(H,7,8);/q;;+2/p-2. The first-order valence-corrected chi connectivity index (χ1v) is 8.80. The van der Waals surface area contributed by atoms with Crippen LogP contribution in [0.15, 0.2) is 42.5 Å². The third-order valence-electron chi connectivity index (χ3n) is 1.67. The molecule has 0 radical (unpaired) electrons. The van der Waals surface area contributed by atoms with E-state index in [9.17, 15) is 9.59 Å². The molecule has 0 aromatic heterocycles. The van der Waals surface area contributed by atoms with Crippen LogP contribution in [0, 0.1) is 0 Å². The molecular formula is C10H7BiO4. The Balaban J connectivity index is 2.24. The third-order valence-corrected chi connectivity index (χ3v) is 7.15. The van der Waals surface area contributed by atoms with Crippen LogP contribution in [0.4, 0.5) is 0 Å². The van der Waals surface area contributed by atoms with Gasteiger partial charge in [0.1, 0.15) is 0 Å². The monoisotopic (exact) mass is 400 g/mol. The van der Waals surface area contributed by atoms with Crippen molar-refractivity contribution in [3.63, 3.8) is 0 Å². The van der Waals surface area contributed by atoms with Crippen molar-refractivity contribution in [2.24, 2.45) is 0 Å². The Labute approximate surface area is 95.4 Å². The zero-order valence-electron chi connectivity index (χ0n) is 7.62. The van der Waals surface area contributed by atoms with Crippen LogP contribution in [0.2, 0.25) is 0 Å². The second-order valence-electron chi connectivity index (χ2n) is 2.75. The molecule has 15 heavy (non-hydrogen) atoms. The molecule has 0 N–H and O–H groups in total. The third kappa shape index (κ3) is 2.63. The van der Waals surface area contributed by atoms with E-state index in [1.165, 1.54) is 0 Å². The molecule has 1 heterocycles. The van der Waals surface area contributed by atoms with Crippen LogP contribution >= 0.6 is 0 Å². The average molecular weight is 400 g/mol. The minimum absolute atomic E-state index is 0.498. The van der Waals surface area contributed by atoms with Gasteiger partial charge in [0.2, 0.25) is 0 Å². The van der Waals surface area contributed by atoms with Gasteiger partial charge in [0.15, 0.2) is 0 Å². The summed E-state index contributed by atoms with van der Waals surface area (Å²) in [5.74, 6) is -0.995. The molecule has 0 saturated heterocycles. The molecule has 0 fully saturated rings. The van der Waals surface area contributed by atoms with Gasteiger partial charge in [-0.2, -0.15) is 0 Å². The number of carbonyl (C=O) groups excluding carboxylic acids is 2. The molecule has 0 atom stereocenters. The van der Waals surface area contributed by atoms with Crippen molar-refractivity contribution < 1.29 is 15.2 Å². The Morgan fingerprint density at radius 2 is 1.40 bits per heavy atom.